The van der Waals surface area contributed by atoms with Gasteiger partial charge in [0.25, 0.3) is 16.8 Å². The molecule has 3 aromatic carbocycles. The van der Waals surface area contributed by atoms with Gasteiger partial charge >= 0.3 is 0 Å². The summed E-state index contributed by atoms with van der Waals surface area (Å²) < 4.78 is 12.1. The number of anilines is 1. The van der Waals surface area contributed by atoms with Gasteiger partial charge in [0.05, 0.1) is 16.9 Å². The fourth-order valence-electron chi connectivity index (χ4n) is 3.43. The van der Waals surface area contributed by atoms with Gasteiger partial charge in [0.2, 0.25) is 5.91 Å². The standard InChI is InChI=1S/C26H20BrN3O7S/c1-36-22-12-17(4-11-21(22)37-15-16-2-9-20(10-3-16)30(34)35)13-23-25(32)29(26(33)38-23)14-24(31)28-19-7-5-18(27)6-8-19/h2-13H,14-15H2,1H3,(H,28,31)/b23-13+. The highest BCUT2D eigenvalue weighted by molar-refractivity contribution is 9.10. The molecule has 1 aliphatic rings. The van der Waals surface area contributed by atoms with Crippen LogP contribution in [0.15, 0.2) is 76.1 Å². The minimum absolute atomic E-state index is 0.00896. The molecule has 0 spiro atoms. The first-order valence-corrected chi connectivity index (χ1v) is 12.7. The smallest absolute Gasteiger partial charge is 0.294 e. The molecule has 1 aliphatic heterocycles. The molecule has 194 valence electrons. The van der Waals surface area contributed by atoms with Crippen LogP contribution < -0.4 is 14.8 Å². The van der Waals surface area contributed by atoms with Crippen molar-refractivity contribution in [2.45, 2.75) is 6.61 Å². The molecule has 10 nitrogen and oxygen atoms in total. The molecule has 1 fully saturated rings. The van der Waals surface area contributed by atoms with E-state index in [4.69, 9.17) is 9.47 Å². The number of non-ortho nitro benzene ring substituents is 1. The number of carbonyl (C=O) groups excluding carboxylic acids is 3. The number of rotatable bonds is 9. The summed E-state index contributed by atoms with van der Waals surface area (Å²) in [6.07, 6.45) is 1.54. The van der Waals surface area contributed by atoms with Gasteiger partial charge < -0.3 is 14.8 Å². The highest BCUT2D eigenvalue weighted by Gasteiger charge is 2.36. The molecule has 1 heterocycles. The van der Waals surface area contributed by atoms with Crippen molar-refractivity contribution in [1.82, 2.24) is 4.90 Å². The number of carbonyl (C=O) groups is 3. The molecule has 0 radical (unpaired) electrons. The van der Waals surface area contributed by atoms with E-state index in [0.29, 0.717) is 22.7 Å². The average Bonchev–Trinajstić information content (AvgIpc) is 3.16. The van der Waals surface area contributed by atoms with Crippen LogP contribution in [-0.4, -0.2) is 40.5 Å². The summed E-state index contributed by atoms with van der Waals surface area (Å²) in [6.45, 7) is -0.244. The van der Waals surface area contributed by atoms with Gasteiger partial charge in [-0.2, -0.15) is 0 Å². The lowest BCUT2D eigenvalue weighted by Gasteiger charge is -2.12. The van der Waals surface area contributed by atoms with Gasteiger partial charge in [0, 0.05) is 22.3 Å². The molecule has 1 N–H and O–H groups in total. The van der Waals surface area contributed by atoms with E-state index in [1.54, 1.807) is 60.7 Å². The second-order valence-corrected chi connectivity index (χ2v) is 9.85. The van der Waals surface area contributed by atoms with Gasteiger partial charge in [-0.3, -0.25) is 29.4 Å². The van der Waals surface area contributed by atoms with Crippen molar-refractivity contribution in [3.63, 3.8) is 0 Å². The van der Waals surface area contributed by atoms with Crippen LogP contribution >= 0.6 is 27.7 Å². The first-order valence-electron chi connectivity index (χ1n) is 11.1. The maximum atomic E-state index is 12.8. The fourth-order valence-corrected chi connectivity index (χ4v) is 4.54. The summed E-state index contributed by atoms with van der Waals surface area (Å²) in [5.41, 5.74) is 1.86. The Morgan fingerprint density at radius 3 is 2.45 bits per heavy atom. The number of nitro groups is 1. The van der Waals surface area contributed by atoms with Crippen LogP contribution in [0, 0.1) is 10.1 Å². The number of thioether (sulfide) groups is 1. The van der Waals surface area contributed by atoms with E-state index in [-0.39, 0.29) is 17.2 Å². The number of hydrogen-bond donors (Lipinski definition) is 1. The van der Waals surface area contributed by atoms with E-state index in [9.17, 15) is 24.5 Å². The molecule has 1 saturated heterocycles. The second-order valence-electron chi connectivity index (χ2n) is 7.95. The lowest BCUT2D eigenvalue weighted by atomic mass is 10.1. The van der Waals surface area contributed by atoms with Crippen molar-refractivity contribution in [3.8, 4) is 11.5 Å². The van der Waals surface area contributed by atoms with E-state index in [1.807, 2.05) is 0 Å². The van der Waals surface area contributed by atoms with Gasteiger partial charge in [-0.15, -0.1) is 0 Å². The molecular formula is C26H20BrN3O7S. The van der Waals surface area contributed by atoms with E-state index >= 15 is 0 Å². The summed E-state index contributed by atoms with van der Waals surface area (Å²) in [6, 6.07) is 17.9. The Balaban J connectivity index is 1.41. The van der Waals surface area contributed by atoms with Crippen LogP contribution in [-0.2, 0) is 16.2 Å². The Labute approximate surface area is 229 Å². The number of imide groups is 1. The highest BCUT2D eigenvalue weighted by atomic mass is 79.9. The number of nitrogens with one attached hydrogen (secondary N) is 1. The minimum Gasteiger partial charge on any atom is -0.493 e. The third kappa shape index (κ3) is 6.58. The van der Waals surface area contributed by atoms with Gasteiger partial charge in [0.1, 0.15) is 13.2 Å². The predicted molar refractivity (Wildman–Crippen MR) is 146 cm³/mol. The second kappa shape index (κ2) is 11.9. The predicted octanol–water partition coefficient (Wildman–Crippen LogP) is 5.62. The number of amides is 3. The quantitative estimate of drug-likeness (QED) is 0.191. The summed E-state index contributed by atoms with van der Waals surface area (Å²) in [5, 5.41) is 12.9. The molecule has 38 heavy (non-hydrogen) atoms. The van der Waals surface area contributed by atoms with Crippen LogP contribution in [0.1, 0.15) is 11.1 Å². The Hall–Kier alpha value is -4.16. The normalized spacial score (nSPS) is 14.1. The third-order valence-electron chi connectivity index (χ3n) is 5.33. The minimum atomic E-state index is -0.566. The van der Waals surface area contributed by atoms with Crippen LogP contribution in [0.3, 0.4) is 0 Å². The summed E-state index contributed by atoms with van der Waals surface area (Å²) in [7, 11) is 1.47. The zero-order valence-corrected chi connectivity index (χ0v) is 22.3. The van der Waals surface area contributed by atoms with Gasteiger partial charge in [-0.05, 0) is 77.5 Å². The Bertz CT molecular complexity index is 1430. The number of hydrogen-bond acceptors (Lipinski definition) is 8. The molecule has 0 aromatic heterocycles. The average molecular weight is 598 g/mol. The van der Waals surface area contributed by atoms with Gasteiger partial charge in [0.15, 0.2) is 11.5 Å². The fraction of sp³-hybridized carbons (Fsp3) is 0.115. The Morgan fingerprint density at radius 1 is 1.08 bits per heavy atom. The van der Waals surface area contributed by atoms with Crippen molar-refractivity contribution in [2.75, 3.05) is 19.0 Å². The van der Waals surface area contributed by atoms with Crippen LogP contribution in [0.4, 0.5) is 16.2 Å². The maximum absolute atomic E-state index is 12.8. The maximum Gasteiger partial charge on any atom is 0.294 e. The largest absolute Gasteiger partial charge is 0.493 e. The topological polar surface area (TPSA) is 128 Å². The first kappa shape index (κ1) is 26.9. The number of nitrogens with zero attached hydrogens (tertiary/aromatic N) is 2. The lowest BCUT2D eigenvalue weighted by molar-refractivity contribution is -0.384. The number of halogens is 1. The SMILES string of the molecule is COc1cc(/C=C2/SC(=O)N(CC(=O)Nc3ccc(Br)cc3)C2=O)ccc1OCc1ccc([N+](=O)[O-])cc1. The van der Waals surface area contributed by atoms with E-state index in [2.05, 4.69) is 21.2 Å². The highest BCUT2D eigenvalue weighted by Crippen LogP contribution is 2.35. The van der Waals surface area contributed by atoms with Gasteiger partial charge in [-0.1, -0.05) is 22.0 Å². The molecule has 3 amide bonds. The molecule has 4 rings (SSSR count). The number of benzene rings is 3. The van der Waals surface area contributed by atoms with Crippen molar-refractivity contribution in [3.05, 3.63) is 97.3 Å². The molecular weight excluding hydrogens is 578 g/mol. The van der Waals surface area contributed by atoms with Crippen molar-refractivity contribution >= 4 is 62.2 Å². The Kier molecular flexibility index (Phi) is 8.44. The van der Waals surface area contributed by atoms with Crippen LogP contribution in [0.25, 0.3) is 6.08 Å². The third-order valence-corrected chi connectivity index (χ3v) is 6.77. The van der Waals surface area contributed by atoms with Crippen LogP contribution in [0.2, 0.25) is 0 Å². The zero-order chi connectivity index (χ0) is 27.2. The zero-order valence-electron chi connectivity index (χ0n) is 19.9. The molecule has 0 saturated carbocycles. The van der Waals surface area contributed by atoms with E-state index < -0.39 is 28.5 Å². The summed E-state index contributed by atoms with van der Waals surface area (Å²) in [4.78, 5) is 49.0. The summed E-state index contributed by atoms with van der Waals surface area (Å²) >= 11 is 4.06. The lowest BCUT2D eigenvalue weighted by Crippen LogP contribution is -2.36. The molecule has 0 bridgehead atoms. The van der Waals surface area contributed by atoms with E-state index in [1.165, 1.54) is 19.2 Å². The number of nitro benzene ring substituents is 1. The number of methoxy groups -OCH3 is 1. The van der Waals surface area contributed by atoms with Crippen LogP contribution in [0.5, 0.6) is 11.5 Å². The molecule has 12 heteroatoms. The Morgan fingerprint density at radius 2 is 1.79 bits per heavy atom. The molecule has 0 atom stereocenters. The van der Waals surface area contributed by atoms with Crippen molar-refractivity contribution in [1.29, 1.82) is 0 Å². The summed E-state index contributed by atoms with van der Waals surface area (Å²) in [5.74, 6) is -0.232. The van der Waals surface area contributed by atoms with E-state index in [0.717, 1.165) is 26.7 Å². The molecule has 0 aliphatic carbocycles. The number of ether oxygens (including phenoxy) is 2. The monoisotopic (exact) mass is 597 g/mol. The van der Waals surface area contributed by atoms with Crippen molar-refractivity contribution in [2.24, 2.45) is 0 Å². The molecule has 0 unspecified atom stereocenters. The van der Waals surface area contributed by atoms with Gasteiger partial charge in [-0.25, -0.2) is 0 Å². The molecule has 3 aromatic rings. The van der Waals surface area contributed by atoms with Crippen molar-refractivity contribution < 1.29 is 28.8 Å². The first-order chi connectivity index (χ1) is 18.2.